The molecule has 2 aliphatic rings. The van der Waals surface area contributed by atoms with Crippen LogP contribution < -0.4 is 5.32 Å². The van der Waals surface area contributed by atoms with Crippen molar-refractivity contribution in [3.05, 3.63) is 23.8 Å². The molecule has 18 heavy (non-hydrogen) atoms. The molecule has 1 fully saturated rings. The van der Waals surface area contributed by atoms with Gasteiger partial charge in [0.2, 0.25) is 5.91 Å². The van der Waals surface area contributed by atoms with Crippen LogP contribution in [0.3, 0.4) is 0 Å². The number of hydrogen-bond donors (Lipinski definition) is 2. The van der Waals surface area contributed by atoms with E-state index in [1.54, 1.807) is 11.8 Å². The summed E-state index contributed by atoms with van der Waals surface area (Å²) >= 11 is 1.61. The van der Waals surface area contributed by atoms with Gasteiger partial charge in [-0.05, 0) is 49.3 Å². The van der Waals surface area contributed by atoms with Crippen LogP contribution in [-0.4, -0.2) is 22.9 Å². The summed E-state index contributed by atoms with van der Waals surface area (Å²) in [5, 5.41) is 12.4. The molecule has 0 bridgehead atoms. The fourth-order valence-electron chi connectivity index (χ4n) is 2.75. The van der Waals surface area contributed by atoms with Crippen molar-refractivity contribution in [3.63, 3.8) is 0 Å². The van der Waals surface area contributed by atoms with E-state index in [2.05, 4.69) is 17.4 Å². The molecule has 0 radical (unpaired) electrons. The Hall–Kier alpha value is -1.00. The van der Waals surface area contributed by atoms with Gasteiger partial charge in [0, 0.05) is 4.90 Å². The van der Waals surface area contributed by atoms with Crippen molar-refractivity contribution in [1.82, 2.24) is 0 Å². The van der Waals surface area contributed by atoms with Crippen molar-refractivity contribution in [2.24, 2.45) is 0 Å². The Balaban J connectivity index is 1.80. The molecule has 2 N–H and O–H groups in total. The normalized spacial score (nSPS) is 27.5. The fourth-order valence-corrected chi connectivity index (χ4v) is 3.61. The number of carbonyl (C=O) groups is 1. The maximum Gasteiger partial charge on any atom is 0.234 e. The number of nitrogens with one attached hydrogen (secondary N) is 1. The smallest absolute Gasteiger partial charge is 0.234 e. The number of rotatable bonds is 1. The molecular formula is C14H17NO2S. The Morgan fingerprint density at radius 1 is 1.22 bits per heavy atom. The molecule has 0 saturated heterocycles. The highest BCUT2D eigenvalue weighted by atomic mass is 32.2. The molecule has 3 rings (SSSR count). The molecule has 0 unspecified atom stereocenters. The minimum absolute atomic E-state index is 0.0843. The summed E-state index contributed by atoms with van der Waals surface area (Å²) in [6, 6.07) is 6.34. The minimum atomic E-state index is -0.104. The van der Waals surface area contributed by atoms with Crippen molar-refractivity contribution >= 4 is 23.4 Å². The Kier molecular flexibility index (Phi) is 3.31. The molecule has 1 aliphatic heterocycles. The van der Waals surface area contributed by atoms with Gasteiger partial charge in [0.05, 0.1) is 17.5 Å². The lowest BCUT2D eigenvalue weighted by molar-refractivity contribution is -0.113. The highest BCUT2D eigenvalue weighted by Gasteiger charge is 2.22. The molecule has 4 heteroatoms. The molecule has 1 amide bonds. The zero-order valence-electron chi connectivity index (χ0n) is 10.2. The minimum Gasteiger partial charge on any atom is -0.393 e. The highest BCUT2D eigenvalue weighted by Crippen LogP contribution is 2.38. The lowest BCUT2D eigenvalue weighted by Gasteiger charge is -2.27. The number of hydrogen-bond acceptors (Lipinski definition) is 3. The number of aliphatic hydroxyl groups is 1. The molecule has 0 atom stereocenters. The Morgan fingerprint density at radius 3 is 2.78 bits per heavy atom. The van der Waals surface area contributed by atoms with E-state index in [0.29, 0.717) is 11.7 Å². The first kappa shape index (κ1) is 12.1. The second-order valence-corrected chi connectivity index (χ2v) is 6.12. The van der Waals surface area contributed by atoms with Crippen molar-refractivity contribution in [3.8, 4) is 0 Å². The third-order valence-corrected chi connectivity index (χ3v) is 4.86. The lowest BCUT2D eigenvalue weighted by atomic mass is 9.83. The van der Waals surface area contributed by atoms with Crippen LogP contribution in [0.1, 0.15) is 37.2 Å². The summed E-state index contributed by atoms with van der Waals surface area (Å²) < 4.78 is 0. The summed E-state index contributed by atoms with van der Waals surface area (Å²) in [6.45, 7) is 0. The Morgan fingerprint density at radius 2 is 2.00 bits per heavy atom. The van der Waals surface area contributed by atoms with E-state index < -0.39 is 0 Å². The van der Waals surface area contributed by atoms with Crippen LogP contribution in [0.25, 0.3) is 0 Å². The van der Waals surface area contributed by atoms with E-state index in [9.17, 15) is 9.90 Å². The van der Waals surface area contributed by atoms with Crippen LogP contribution in [-0.2, 0) is 4.79 Å². The number of anilines is 1. The van der Waals surface area contributed by atoms with Crippen molar-refractivity contribution in [2.75, 3.05) is 11.1 Å². The second kappa shape index (κ2) is 4.94. The van der Waals surface area contributed by atoms with E-state index in [0.717, 1.165) is 31.4 Å². The molecule has 1 saturated carbocycles. The zero-order valence-corrected chi connectivity index (χ0v) is 11.0. The number of amides is 1. The summed E-state index contributed by atoms with van der Waals surface area (Å²) in [4.78, 5) is 12.5. The van der Waals surface area contributed by atoms with Gasteiger partial charge in [0.15, 0.2) is 0 Å². The number of benzene rings is 1. The first-order valence-electron chi connectivity index (χ1n) is 6.47. The molecule has 1 aliphatic carbocycles. The van der Waals surface area contributed by atoms with Crippen molar-refractivity contribution < 1.29 is 9.90 Å². The molecule has 0 spiro atoms. The maximum absolute atomic E-state index is 11.3. The number of fused-ring (bicyclic) bond motifs is 1. The van der Waals surface area contributed by atoms with Gasteiger partial charge in [-0.1, -0.05) is 6.07 Å². The number of carbonyl (C=O) groups excluding carboxylic acids is 1. The average molecular weight is 263 g/mol. The molecule has 1 aromatic rings. The first-order chi connectivity index (χ1) is 8.72. The van der Waals surface area contributed by atoms with E-state index in [1.165, 1.54) is 10.5 Å². The Bertz CT molecular complexity index is 467. The highest BCUT2D eigenvalue weighted by molar-refractivity contribution is 8.00. The van der Waals surface area contributed by atoms with Crippen molar-refractivity contribution in [1.29, 1.82) is 0 Å². The third kappa shape index (κ3) is 2.40. The van der Waals surface area contributed by atoms with Crippen LogP contribution in [0.4, 0.5) is 5.69 Å². The molecule has 3 nitrogen and oxygen atoms in total. The quantitative estimate of drug-likeness (QED) is 0.819. The van der Waals surface area contributed by atoms with Gasteiger partial charge in [-0.2, -0.15) is 0 Å². The lowest BCUT2D eigenvalue weighted by Crippen LogP contribution is -2.19. The monoisotopic (exact) mass is 263 g/mol. The standard InChI is InChI=1S/C14H17NO2S/c16-11-4-1-9(2-5-11)10-3-6-12-13(7-10)18-8-14(17)15-12/h3,6-7,9,11,16H,1-2,4-5,8H2,(H,15,17). The van der Waals surface area contributed by atoms with Gasteiger partial charge >= 0.3 is 0 Å². The van der Waals surface area contributed by atoms with Crippen molar-refractivity contribution in [2.45, 2.75) is 42.6 Å². The SMILES string of the molecule is O=C1CSc2cc(C3CCC(O)CC3)ccc2N1. The number of thioether (sulfide) groups is 1. The largest absolute Gasteiger partial charge is 0.393 e. The summed E-state index contributed by atoms with van der Waals surface area (Å²) in [7, 11) is 0. The third-order valence-electron chi connectivity index (χ3n) is 3.81. The van der Waals surface area contributed by atoms with E-state index in [1.807, 2.05) is 6.07 Å². The fraction of sp³-hybridized carbons (Fsp3) is 0.500. The predicted molar refractivity (Wildman–Crippen MR) is 73.0 cm³/mol. The molecule has 0 aromatic heterocycles. The molecule has 1 aromatic carbocycles. The van der Waals surface area contributed by atoms with Crippen LogP contribution in [0.15, 0.2) is 23.1 Å². The molecular weight excluding hydrogens is 246 g/mol. The Labute approximate surface area is 111 Å². The topological polar surface area (TPSA) is 49.3 Å². The van der Waals surface area contributed by atoms with Gasteiger partial charge in [0.1, 0.15) is 0 Å². The average Bonchev–Trinajstić information content (AvgIpc) is 2.39. The van der Waals surface area contributed by atoms with Crippen LogP contribution in [0, 0.1) is 0 Å². The van der Waals surface area contributed by atoms with Gasteiger partial charge in [-0.15, -0.1) is 11.8 Å². The maximum atomic E-state index is 11.3. The van der Waals surface area contributed by atoms with Gasteiger partial charge in [0.25, 0.3) is 0 Å². The first-order valence-corrected chi connectivity index (χ1v) is 7.45. The zero-order chi connectivity index (χ0) is 12.5. The van der Waals surface area contributed by atoms with E-state index >= 15 is 0 Å². The van der Waals surface area contributed by atoms with E-state index in [-0.39, 0.29) is 12.0 Å². The predicted octanol–water partition coefficient (Wildman–Crippen LogP) is 2.75. The van der Waals surface area contributed by atoms with Crippen LogP contribution >= 0.6 is 11.8 Å². The van der Waals surface area contributed by atoms with E-state index in [4.69, 9.17) is 0 Å². The van der Waals surface area contributed by atoms with Crippen LogP contribution in [0.5, 0.6) is 0 Å². The summed E-state index contributed by atoms with van der Waals surface area (Å²) in [5.74, 6) is 1.16. The van der Waals surface area contributed by atoms with Gasteiger partial charge in [-0.25, -0.2) is 0 Å². The van der Waals surface area contributed by atoms with Gasteiger partial charge < -0.3 is 10.4 Å². The second-order valence-electron chi connectivity index (χ2n) is 5.10. The van der Waals surface area contributed by atoms with Gasteiger partial charge in [-0.3, -0.25) is 4.79 Å². The molecule has 1 heterocycles. The summed E-state index contributed by atoms with van der Waals surface area (Å²) in [6.07, 6.45) is 3.85. The molecule has 96 valence electrons. The van der Waals surface area contributed by atoms with Crippen LogP contribution in [0.2, 0.25) is 0 Å². The number of aliphatic hydroxyl groups excluding tert-OH is 1. The summed E-state index contributed by atoms with van der Waals surface area (Å²) in [5.41, 5.74) is 2.29.